The summed E-state index contributed by atoms with van der Waals surface area (Å²) in [6.07, 6.45) is 0. The van der Waals surface area contributed by atoms with Crippen LogP contribution in [-0.2, 0) is 4.79 Å². The molecule has 0 spiro atoms. The summed E-state index contributed by atoms with van der Waals surface area (Å²) in [5.74, 6) is 0.107. The Morgan fingerprint density at radius 2 is 2.12 bits per heavy atom. The molecule has 5 nitrogen and oxygen atoms in total. The molecule has 3 N–H and O–H groups in total. The Bertz CT molecular complexity index is 927. The van der Waals surface area contributed by atoms with Crippen LogP contribution in [0.4, 0.5) is 10.8 Å². The number of thiazole rings is 1. The lowest BCUT2D eigenvalue weighted by Gasteiger charge is -2.09. The van der Waals surface area contributed by atoms with Crippen LogP contribution in [0.5, 0.6) is 5.75 Å². The number of carbonyl (C=O) groups excluding carboxylic acids is 1. The highest BCUT2D eigenvalue weighted by Gasteiger charge is 2.10. The van der Waals surface area contributed by atoms with Crippen molar-refractivity contribution < 1.29 is 9.53 Å². The molecule has 124 valence electrons. The Morgan fingerprint density at radius 1 is 1.33 bits per heavy atom. The van der Waals surface area contributed by atoms with Gasteiger partial charge in [0.2, 0.25) is 0 Å². The Kier molecular flexibility index (Phi) is 4.80. The van der Waals surface area contributed by atoms with Gasteiger partial charge in [0.15, 0.2) is 11.7 Å². The molecule has 0 atom stereocenters. The third-order valence-corrected chi connectivity index (χ3v) is 4.60. The van der Waals surface area contributed by atoms with Crippen molar-refractivity contribution in [3.05, 3.63) is 45.9 Å². The number of halogens is 2. The minimum Gasteiger partial charge on any atom is -0.482 e. The van der Waals surface area contributed by atoms with E-state index in [1.807, 2.05) is 19.1 Å². The summed E-state index contributed by atoms with van der Waals surface area (Å²) in [7, 11) is 0. The quantitative estimate of drug-likeness (QED) is 0.696. The summed E-state index contributed by atoms with van der Waals surface area (Å²) >= 11 is 13.2. The number of fused-ring (bicyclic) bond motifs is 1. The summed E-state index contributed by atoms with van der Waals surface area (Å²) in [5.41, 5.74) is 8.18. The number of amides is 1. The standard InChI is InChI=1S/C16H13Cl2N3O2S/c1-8-4-10(6-13-15(8)21-16(19)24-13)20-14(22)7-23-12-3-2-9(17)5-11(12)18/h2-6H,7H2,1H3,(H2,19,21)(H,20,22). The minimum atomic E-state index is -0.294. The fourth-order valence-corrected chi connectivity index (χ4v) is 3.53. The van der Waals surface area contributed by atoms with Crippen LogP contribution >= 0.6 is 34.5 Å². The number of nitrogen functional groups attached to an aromatic ring is 1. The molecule has 2 aromatic carbocycles. The largest absolute Gasteiger partial charge is 0.482 e. The molecule has 1 aromatic heterocycles. The maximum atomic E-state index is 12.1. The number of carbonyl (C=O) groups is 1. The van der Waals surface area contributed by atoms with Crippen molar-refractivity contribution in [2.75, 3.05) is 17.7 Å². The zero-order valence-corrected chi connectivity index (χ0v) is 14.9. The molecule has 1 amide bonds. The van der Waals surface area contributed by atoms with Gasteiger partial charge in [-0.2, -0.15) is 0 Å². The van der Waals surface area contributed by atoms with Gasteiger partial charge >= 0.3 is 0 Å². The van der Waals surface area contributed by atoms with E-state index >= 15 is 0 Å². The number of nitrogens with zero attached hydrogens (tertiary/aromatic N) is 1. The van der Waals surface area contributed by atoms with E-state index in [0.717, 1.165) is 15.8 Å². The molecule has 0 saturated carbocycles. The van der Waals surface area contributed by atoms with Gasteiger partial charge in [-0.1, -0.05) is 34.5 Å². The first-order valence-electron chi connectivity index (χ1n) is 6.97. The van der Waals surface area contributed by atoms with Crippen LogP contribution in [0.2, 0.25) is 10.0 Å². The fraction of sp³-hybridized carbons (Fsp3) is 0.125. The Labute approximate surface area is 152 Å². The summed E-state index contributed by atoms with van der Waals surface area (Å²) < 4.78 is 6.34. The second-order valence-corrected chi connectivity index (χ2v) is 7.01. The first kappa shape index (κ1) is 16.8. The van der Waals surface area contributed by atoms with Crippen molar-refractivity contribution in [3.63, 3.8) is 0 Å². The zero-order chi connectivity index (χ0) is 17.3. The van der Waals surface area contributed by atoms with Crippen LogP contribution < -0.4 is 15.8 Å². The Hall–Kier alpha value is -2.02. The summed E-state index contributed by atoms with van der Waals surface area (Å²) in [6, 6.07) is 8.50. The molecule has 3 aromatic rings. The number of benzene rings is 2. The van der Waals surface area contributed by atoms with E-state index in [9.17, 15) is 4.79 Å². The molecule has 0 aliphatic heterocycles. The molecule has 24 heavy (non-hydrogen) atoms. The Morgan fingerprint density at radius 3 is 2.88 bits per heavy atom. The van der Waals surface area contributed by atoms with Crippen LogP contribution in [0.25, 0.3) is 10.2 Å². The van der Waals surface area contributed by atoms with Crippen LogP contribution in [0.3, 0.4) is 0 Å². The van der Waals surface area contributed by atoms with Crippen LogP contribution in [0, 0.1) is 6.92 Å². The van der Waals surface area contributed by atoms with E-state index in [1.165, 1.54) is 11.3 Å². The van der Waals surface area contributed by atoms with Crippen LogP contribution in [-0.4, -0.2) is 17.5 Å². The lowest BCUT2D eigenvalue weighted by molar-refractivity contribution is -0.118. The number of anilines is 2. The molecule has 0 aliphatic carbocycles. The molecule has 0 bridgehead atoms. The first-order valence-corrected chi connectivity index (χ1v) is 8.54. The average Bonchev–Trinajstić information content (AvgIpc) is 2.87. The molecular weight excluding hydrogens is 369 g/mol. The Balaban J connectivity index is 1.68. The van der Waals surface area contributed by atoms with Crippen LogP contribution in [0.1, 0.15) is 5.56 Å². The number of hydrogen-bond donors (Lipinski definition) is 2. The van der Waals surface area contributed by atoms with Crippen molar-refractivity contribution >= 4 is 61.5 Å². The lowest BCUT2D eigenvalue weighted by atomic mass is 10.2. The van der Waals surface area contributed by atoms with E-state index in [4.69, 9.17) is 33.7 Å². The average molecular weight is 382 g/mol. The van der Waals surface area contributed by atoms with Gasteiger partial charge in [0.05, 0.1) is 15.2 Å². The van der Waals surface area contributed by atoms with Crippen molar-refractivity contribution in [1.82, 2.24) is 4.98 Å². The molecule has 0 saturated heterocycles. The number of aryl methyl sites for hydroxylation is 1. The second-order valence-electron chi connectivity index (χ2n) is 5.10. The van der Waals surface area contributed by atoms with Gasteiger partial charge < -0.3 is 15.8 Å². The predicted octanol–water partition coefficient (Wildman–Crippen LogP) is 4.51. The van der Waals surface area contributed by atoms with Crippen molar-refractivity contribution in [3.8, 4) is 5.75 Å². The molecular formula is C16H13Cl2N3O2S. The second kappa shape index (κ2) is 6.84. The van der Waals surface area contributed by atoms with Gasteiger partial charge in [-0.25, -0.2) is 4.98 Å². The van der Waals surface area contributed by atoms with E-state index in [0.29, 0.717) is 26.6 Å². The smallest absolute Gasteiger partial charge is 0.262 e. The summed E-state index contributed by atoms with van der Waals surface area (Å²) in [5, 5.41) is 4.15. The van der Waals surface area contributed by atoms with Gasteiger partial charge in [0, 0.05) is 10.7 Å². The van der Waals surface area contributed by atoms with Gasteiger partial charge in [0.1, 0.15) is 5.75 Å². The molecule has 0 radical (unpaired) electrons. The molecule has 8 heteroatoms. The summed E-state index contributed by atoms with van der Waals surface area (Å²) in [6.45, 7) is 1.75. The van der Waals surface area contributed by atoms with Crippen LogP contribution in [0.15, 0.2) is 30.3 Å². The monoisotopic (exact) mass is 381 g/mol. The van der Waals surface area contributed by atoms with Gasteiger partial charge in [0.25, 0.3) is 5.91 Å². The van der Waals surface area contributed by atoms with Crippen molar-refractivity contribution in [1.29, 1.82) is 0 Å². The molecule has 0 aliphatic rings. The SMILES string of the molecule is Cc1cc(NC(=O)COc2ccc(Cl)cc2Cl)cc2sc(N)nc12. The maximum Gasteiger partial charge on any atom is 0.262 e. The number of nitrogens with two attached hydrogens (primary N) is 1. The maximum absolute atomic E-state index is 12.1. The first-order chi connectivity index (χ1) is 11.4. The molecule has 3 rings (SSSR count). The number of hydrogen-bond acceptors (Lipinski definition) is 5. The number of aromatic nitrogens is 1. The number of ether oxygens (including phenoxy) is 1. The van der Waals surface area contributed by atoms with E-state index in [2.05, 4.69) is 10.3 Å². The van der Waals surface area contributed by atoms with Gasteiger partial charge in [-0.15, -0.1) is 0 Å². The minimum absolute atomic E-state index is 0.163. The third-order valence-electron chi connectivity index (χ3n) is 3.24. The highest BCUT2D eigenvalue weighted by atomic mass is 35.5. The number of rotatable bonds is 4. The fourth-order valence-electron chi connectivity index (χ4n) is 2.22. The highest BCUT2D eigenvalue weighted by molar-refractivity contribution is 7.22. The number of nitrogens with one attached hydrogen (secondary N) is 1. The van der Waals surface area contributed by atoms with E-state index < -0.39 is 0 Å². The van der Waals surface area contributed by atoms with Gasteiger partial charge in [-0.05, 0) is 42.8 Å². The lowest BCUT2D eigenvalue weighted by Crippen LogP contribution is -2.20. The highest BCUT2D eigenvalue weighted by Crippen LogP contribution is 2.30. The molecule has 0 fully saturated rings. The van der Waals surface area contributed by atoms with E-state index in [-0.39, 0.29) is 12.5 Å². The summed E-state index contributed by atoms with van der Waals surface area (Å²) in [4.78, 5) is 16.3. The van der Waals surface area contributed by atoms with Gasteiger partial charge in [-0.3, -0.25) is 4.79 Å². The van der Waals surface area contributed by atoms with Crippen molar-refractivity contribution in [2.24, 2.45) is 0 Å². The molecule has 1 heterocycles. The normalized spacial score (nSPS) is 10.8. The predicted molar refractivity (Wildman–Crippen MR) is 99.4 cm³/mol. The molecule has 0 unspecified atom stereocenters. The topological polar surface area (TPSA) is 77.2 Å². The van der Waals surface area contributed by atoms with E-state index in [1.54, 1.807) is 18.2 Å². The third kappa shape index (κ3) is 3.72. The zero-order valence-electron chi connectivity index (χ0n) is 12.6. The van der Waals surface area contributed by atoms with Crippen molar-refractivity contribution in [2.45, 2.75) is 6.92 Å².